The third kappa shape index (κ3) is 2.72. The van der Waals surface area contributed by atoms with E-state index < -0.39 is 11.9 Å². The number of aliphatic hydroxyl groups excluding tert-OH is 1. The fourth-order valence-electron chi connectivity index (χ4n) is 2.43. The van der Waals surface area contributed by atoms with Crippen molar-refractivity contribution in [3.63, 3.8) is 0 Å². The SMILES string of the molecule is COc1cccc(F)c1C(O)C1=CCCCCC1. The monoisotopic (exact) mass is 250 g/mol. The molecule has 1 aliphatic carbocycles. The van der Waals surface area contributed by atoms with Gasteiger partial charge in [0.2, 0.25) is 0 Å². The van der Waals surface area contributed by atoms with Crippen LogP contribution >= 0.6 is 0 Å². The third-order valence-corrected chi connectivity index (χ3v) is 3.43. The molecule has 2 nitrogen and oxygen atoms in total. The van der Waals surface area contributed by atoms with Crippen molar-refractivity contribution in [1.82, 2.24) is 0 Å². The predicted octanol–water partition coefficient (Wildman–Crippen LogP) is 3.76. The van der Waals surface area contributed by atoms with Crippen LogP contribution in [-0.4, -0.2) is 12.2 Å². The van der Waals surface area contributed by atoms with Crippen molar-refractivity contribution < 1.29 is 14.2 Å². The summed E-state index contributed by atoms with van der Waals surface area (Å²) in [6, 6.07) is 4.63. The molecule has 1 atom stereocenters. The number of allylic oxidation sites excluding steroid dienone is 1. The molecule has 0 fully saturated rings. The van der Waals surface area contributed by atoms with Gasteiger partial charge in [0.25, 0.3) is 0 Å². The van der Waals surface area contributed by atoms with Crippen molar-refractivity contribution in [2.75, 3.05) is 7.11 Å². The van der Waals surface area contributed by atoms with E-state index in [4.69, 9.17) is 4.74 Å². The van der Waals surface area contributed by atoms with E-state index in [-0.39, 0.29) is 5.56 Å². The maximum Gasteiger partial charge on any atom is 0.133 e. The van der Waals surface area contributed by atoms with Crippen LogP contribution in [0.2, 0.25) is 0 Å². The minimum atomic E-state index is -0.890. The van der Waals surface area contributed by atoms with Crippen molar-refractivity contribution in [3.8, 4) is 5.75 Å². The fraction of sp³-hybridized carbons (Fsp3) is 0.467. The number of hydrogen-bond acceptors (Lipinski definition) is 2. The van der Waals surface area contributed by atoms with E-state index in [1.165, 1.54) is 19.6 Å². The van der Waals surface area contributed by atoms with E-state index in [2.05, 4.69) is 0 Å². The molecule has 0 amide bonds. The Labute approximate surface area is 107 Å². The number of methoxy groups -OCH3 is 1. The van der Waals surface area contributed by atoms with Gasteiger partial charge in [0, 0.05) is 0 Å². The van der Waals surface area contributed by atoms with Crippen LogP contribution in [0.4, 0.5) is 4.39 Å². The summed E-state index contributed by atoms with van der Waals surface area (Å²) >= 11 is 0. The Morgan fingerprint density at radius 3 is 2.89 bits per heavy atom. The molecule has 1 aromatic carbocycles. The van der Waals surface area contributed by atoms with Crippen molar-refractivity contribution >= 4 is 0 Å². The van der Waals surface area contributed by atoms with Crippen molar-refractivity contribution in [2.24, 2.45) is 0 Å². The minimum Gasteiger partial charge on any atom is -0.496 e. The van der Waals surface area contributed by atoms with Crippen LogP contribution in [0.1, 0.15) is 43.8 Å². The first kappa shape index (κ1) is 13.1. The van der Waals surface area contributed by atoms with Crippen LogP contribution in [0.3, 0.4) is 0 Å². The van der Waals surface area contributed by atoms with Gasteiger partial charge in [0.05, 0.1) is 12.7 Å². The molecule has 98 valence electrons. The van der Waals surface area contributed by atoms with Gasteiger partial charge in [0.15, 0.2) is 0 Å². The molecule has 0 radical (unpaired) electrons. The highest BCUT2D eigenvalue weighted by Crippen LogP contribution is 2.35. The summed E-state index contributed by atoms with van der Waals surface area (Å²) in [6.07, 6.45) is 6.32. The summed E-state index contributed by atoms with van der Waals surface area (Å²) in [5, 5.41) is 10.4. The standard InChI is InChI=1S/C15H19FO2/c1-18-13-10-6-9-12(16)14(13)15(17)11-7-4-2-3-5-8-11/h6-7,9-10,15,17H,2-5,8H2,1H3. The molecule has 0 spiro atoms. The minimum absolute atomic E-state index is 0.258. The molecule has 0 aliphatic heterocycles. The van der Waals surface area contributed by atoms with Gasteiger partial charge >= 0.3 is 0 Å². The molecular formula is C15H19FO2. The number of halogens is 1. The Bertz CT molecular complexity index is 440. The van der Waals surface area contributed by atoms with Gasteiger partial charge in [-0.25, -0.2) is 4.39 Å². The van der Waals surface area contributed by atoms with Gasteiger partial charge < -0.3 is 9.84 Å². The average molecular weight is 250 g/mol. The lowest BCUT2D eigenvalue weighted by molar-refractivity contribution is 0.200. The van der Waals surface area contributed by atoms with Gasteiger partial charge in [-0.1, -0.05) is 18.6 Å². The second kappa shape index (κ2) is 6.01. The maximum absolute atomic E-state index is 13.9. The summed E-state index contributed by atoms with van der Waals surface area (Å²) in [5.74, 6) is -0.000330. The lowest BCUT2D eigenvalue weighted by Crippen LogP contribution is -2.06. The Morgan fingerprint density at radius 2 is 2.11 bits per heavy atom. The first-order valence-corrected chi connectivity index (χ1v) is 6.43. The molecule has 0 saturated heterocycles. The van der Waals surface area contributed by atoms with Crippen LogP contribution < -0.4 is 4.74 Å². The van der Waals surface area contributed by atoms with Gasteiger partial charge in [-0.15, -0.1) is 0 Å². The zero-order chi connectivity index (χ0) is 13.0. The van der Waals surface area contributed by atoms with Crippen LogP contribution in [0.15, 0.2) is 29.8 Å². The van der Waals surface area contributed by atoms with Crippen LogP contribution in [0.25, 0.3) is 0 Å². The highest BCUT2D eigenvalue weighted by molar-refractivity contribution is 5.40. The number of rotatable bonds is 3. The molecule has 0 aromatic heterocycles. The van der Waals surface area contributed by atoms with Crippen LogP contribution in [-0.2, 0) is 0 Å². The summed E-state index contributed by atoms with van der Waals surface area (Å²) < 4.78 is 19.0. The Morgan fingerprint density at radius 1 is 1.28 bits per heavy atom. The highest BCUT2D eigenvalue weighted by atomic mass is 19.1. The molecule has 1 aliphatic rings. The third-order valence-electron chi connectivity index (χ3n) is 3.43. The largest absolute Gasteiger partial charge is 0.496 e. The molecule has 2 rings (SSSR count). The van der Waals surface area contributed by atoms with Crippen LogP contribution in [0, 0.1) is 5.82 Å². The Hall–Kier alpha value is -1.35. The second-order valence-electron chi connectivity index (χ2n) is 4.64. The molecule has 0 heterocycles. The molecule has 0 bridgehead atoms. The number of aliphatic hydroxyl groups is 1. The first-order chi connectivity index (χ1) is 8.74. The van der Waals surface area contributed by atoms with E-state index in [0.717, 1.165) is 31.3 Å². The van der Waals surface area contributed by atoms with E-state index >= 15 is 0 Å². The van der Waals surface area contributed by atoms with Gasteiger partial charge in [-0.3, -0.25) is 0 Å². The van der Waals surface area contributed by atoms with Crippen molar-refractivity contribution in [2.45, 2.75) is 38.2 Å². The van der Waals surface area contributed by atoms with E-state index in [0.29, 0.717) is 5.75 Å². The lowest BCUT2D eigenvalue weighted by atomic mass is 9.96. The average Bonchev–Trinajstić information content (AvgIpc) is 2.66. The topological polar surface area (TPSA) is 29.5 Å². The molecule has 18 heavy (non-hydrogen) atoms. The predicted molar refractivity (Wildman–Crippen MR) is 69.1 cm³/mol. The van der Waals surface area contributed by atoms with E-state index in [9.17, 15) is 9.50 Å². The smallest absolute Gasteiger partial charge is 0.133 e. The number of benzene rings is 1. The first-order valence-electron chi connectivity index (χ1n) is 6.43. The Kier molecular flexibility index (Phi) is 4.37. The maximum atomic E-state index is 13.9. The number of hydrogen-bond donors (Lipinski definition) is 1. The zero-order valence-corrected chi connectivity index (χ0v) is 10.7. The second-order valence-corrected chi connectivity index (χ2v) is 4.64. The summed E-state index contributed by atoms with van der Waals surface area (Å²) in [4.78, 5) is 0. The molecule has 1 N–H and O–H groups in total. The molecule has 1 unspecified atom stereocenters. The van der Waals surface area contributed by atoms with Crippen molar-refractivity contribution in [3.05, 3.63) is 41.2 Å². The van der Waals surface area contributed by atoms with Gasteiger partial charge in [-0.2, -0.15) is 0 Å². The van der Waals surface area contributed by atoms with Gasteiger partial charge in [0.1, 0.15) is 17.7 Å². The molecular weight excluding hydrogens is 231 g/mol. The number of ether oxygens (including phenoxy) is 1. The van der Waals surface area contributed by atoms with E-state index in [1.54, 1.807) is 12.1 Å². The molecule has 3 heteroatoms. The highest BCUT2D eigenvalue weighted by Gasteiger charge is 2.22. The molecule has 1 aromatic rings. The normalized spacial score (nSPS) is 17.8. The quantitative estimate of drug-likeness (QED) is 0.828. The van der Waals surface area contributed by atoms with Crippen LogP contribution in [0.5, 0.6) is 5.75 Å². The Balaban J connectivity index is 2.32. The zero-order valence-electron chi connectivity index (χ0n) is 10.7. The summed E-state index contributed by atoms with van der Waals surface area (Å²) in [6.45, 7) is 0. The summed E-state index contributed by atoms with van der Waals surface area (Å²) in [5.41, 5.74) is 1.17. The van der Waals surface area contributed by atoms with Crippen molar-refractivity contribution in [1.29, 1.82) is 0 Å². The lowest BCUT2D eigenvalue weighted by Gasteiger charge is -2.18. The molecule has 0 saturated carbocycles. The summed E-state index contributed by atoms with van der Waals surface area (Å²) in [7, 11) is 1.49. The fourth-order valence-corrected chi connectivity index (χ4v) is 2.43. The van der Waals surface area contributed by atoms with E-state index in [1.807, 2.05) is 6.08 Å². The van der Waals surface area contributed by atoms with Gasteiger partial charge in [-0.05, 0) is 43.4 Å².